The molecular weight excluding hydrogens is 433 g/mol. The summed E-state index contributed by atoms with van der Waals surface area (Å²) >= 11 is 2.08. The van der Waals surface area contributed by atoms with Crippen LogP contribution in [0.5, 0.6) is 11.5 Å². The van der Waals surface area contributed by atoms with E-state index in [2.05, 4.69) is 27.9 Å². The molecule has 5 nitrogen and oxygen atoms in total. The number of carbonyl (C=O) groups is 1. The van der Waals surface area contributed by atoms with Crippen LogP contribution < -0.4 is 14.8 Å². The van der Waals surface area contributed by atoms with Crippen LogP contribution in [0.4, 0.5) is 0 Å². The highest BCUT2D eigenvalue weighted by Crippen LogP contribution is 2.30. The summed E-state index contributed by atoms with van der Waals surface area (Å²) in [6.07, 6.45) is 3.11. The summed E-state index contributed by atoms with van der Waals surface area (Å²) in [7, 11) is 0. The van der Waals surface area contributed by atoms with Crippen LogP contribution in [0.1, 0.15) is 38.1 Å². The minimum Gasteiger partial charge on any atom is -0.490 e. The predicted molar refractivity (Wildman–Crippen MR) is 106 cm³/mol. The van der Waals surface area contributed by atoms with E-state index >= 15 is 0 Å². The summed E-state index contributed by atoms with van der Waals surface area (Å²) < 4.78 is 17.4. The van der Waals surface area contributed by atoms with E-state index in [0.29, 0.717) is 30.5 Å². The maximum atomic E-state index is 12.1. The lowest BCUT2D eigenvalue weighted by atomic mass is 10.1. The highest BCUT2D eigenvalue weighted by Gasteiger charge is 2.12. The topological polar surface area (TPSA) is 60.7 Å². The fourth-order valence-electron chi connectivity index (χ4n) is 2.26. The Balaban J connectivity index is 2.03. The molecule has 1 aromatic carbocycles. The van der Waals surface area contributed by atoms with Crippen LogP contribution in [-0.2, 0) is 4.79 Å². The van der Waals surface area contributed by atoms with Crippen LogP contribution >= 0.6 is 22.6 Å². The van der Waals surface area contributed by atoms with E-state index in [1.54, 1.807) is 6.08 Å². The molecule has 0 aliphatic carbocycles. The molecule has 0 radical (unpaired) electrons. The van der Waals surface area contributed by atoms with Gasteiger partial charge in [-0.05, 0) is 79.3 Å². The Morgan fingerprint density at radius 2 is 1.92 bits per heavy atom. The second kappa shape index (κ2) is 9.50. The van der Waals surface area contributed by atoms with Crippen molar-refractivity contribution in [2.24, 2.45) is 0 Å². The Kier molecular flexibility index (Phi) is 7.36. The molecule has 1 atom stereocenters. The van der Waals surface area contributed by atoms with Crippen LogP contribution in [0, 0.1) is 3.77 Å². The summed E-state index contributed by atoms with van der Waals surface area (Å²) in [5, 5.41) is 2.93. The first-order chi connectivity index (χ1) is 12.0. The van der Waals surface area contributed by atoms with Crippen LogP contribution in [0.2, 0.25) is 0 Å². The van der Waals surface area contributed by atoms with E-state index in [4.69, 9.17) is 13.9 Å². The van der Waals surface area contributed by atoms with Crippen molar-refractivity contribution < 1.29 is 18.7 Å². The van der Waals surface area contributed by atoms with Crippen LogP contribution in [-0.4, -0.2) is 19.1 Å². The smallest absolute Gasteiger partial charge is 0.244 e. The highest BCUT2D eigenvalue weighted by molar-refractivity contribution is 14.1. The molecule has 6 heteroatoms. The van der Waals surface area contributed by atoms with Gasteiger partial charge < -0.3 is 19.2 Å². The number of amides is 1. The molecule has 134 valence electrons. The van der Waals surface area contributed by atoms with Gasteiger partial charge in [0.15, 0.2) is 15.3 Å². The zero-order valence-corrected chi connectivity index (χ0v) is 16.7. The number of hydrogen-bond acceptors (Lipinski definition) is 4. The average Bonchev–Trinajstić information content (AvgIpc) is 3.00. The largest absolute Gasteiger partial charge is 0.490 e. The summed E-state index contributed by atoms with van der Waals surface area (Å²) in [6, 6.07) is 9.19. The molecule has 0 saturated heterocycles. The number of halogens is 1. The van der Waals surface area contributed by atoms with Crippen LogP contribution in [0.3, 0.4) is 0 Å². The van der Waals surface area contributed by atoms with Gasteiger partial charge in [0.2, 0.25) is 5.91 Å². The number of rotatable bonds is 8. The van der Waals surface area contributed by atoms with Gasteiger partial charge in [0.1, 0.15) is 5.76 Å². The minimum atomic E-state index is -0.189. The number of carbonyl (C=O) groups excluding carboxylic acids is 1. The van der Waals surface area contributed by atoms with Crippen molar-refractivity contribution in [3.63, 3.8) is 0 Å². The fraction of sp³-hybridized carbons (Fsp3) is 0.316. The van der Waals surface area contributed by atoms with Gasteiger partial charge in [0, 0.05) is 6.08 Å². The SMILES string of the molecule is CCOc1ccc(C(C)NC(=O)/C=C/c2ccc(I)o2)cc1OCC. The first kappa shape index (κ1) is 19.4. The van der Waals surface area contributed by atoms with Crippen molar-refractivity contribution in [1.29, 1.82) is 0 Å². The van der Waals surface area contributed by atoms with E-state index in [9.17, 15) is 4.79 Å². The molecule has 1 aromatic heterocycles. The van der Waals surface area contributed by atoms with Gasteiger partial charge in [-0.15, -0.1) is 0 Å². The van der Waals surface area contributed by atoms with Crippen molar-refractivity contribution in [2.45, 2.75) is 26.8 Å². The van der Waals surface area contributed by atoms with E-state index in [-0.39, 0.29) is 11.9 Å². The normalized spacial score (nSPS) is 12.2. The second-order valence-corrected chi connectivity index (χ2v) is 6.34. The van der Waals surface area contributed by atoms with Gasteiger partial charge in [-0.2, -0.15) is 0 Å². The van der Waals surface area contributed by atoms with Crippen molar-refractivity contribution in [1.82, 2.24) is 5.32 Å². The molecule has 0 spiro atoms. The lowest BCUT2D eigenvalue weighted by Crippen LogP contribution is -2.24. The third-order valence-electron chi connectivity index (χ3n) is 3.42. The van der Waals surface area contributed by atoms with Gasteiger partial charge in [-0.3, -0.25) is 4.79 Å². The highest BCUT2D eigenvalue weighted by atomic mass is 127. The van der Waals surface area contributed by atoms with E-state index in [0.717, 1.165) is 9.33 Å². The standard InChI is InChI=1S/C19H22INO4/c1-4-23-16-9-6-14(12-17(16)24-5-2)13(3)21-19(22)11-8-15-7-10-18(20)25-15/h6-13H,4-5H2,1-3H3,(H,21,22)/b11-8+. The first-order valence-electron chi connectivity index (χ1n) is 8.17. The molecular formula is C19H22INO4. The van der Waals surface area contributed by atoms with E-state index in [1.165, 1.54) is 6.08 Å². The Bertz CT molecular complexity index is 739. The molecule has 0 aliphatic heterocycles. The van der Waals surface area contributed by atoms with Crippen molar-refractivity contribution in [3.05, 3.63) is 51.5 Å². The molecule has 25 heavy (non-hydrogen) atoms. The second-order valence-electron chi connectivity index (χ2n) is 5.28. The minimum absolute atomic E-state index is 0.163. The van der Waals surface area contributed by atoms with Crippen LogP contribution in [0.15, 0.2) is 40.8 Å². The Morgan fingerprint density at radius 1 is 1.20 bits per heavy atom. The first-order valence-corrected chi connectivity index (χ1v) is 9.24. The molecule has 1 unspecified atom stereocenters. The number of ether oxygens (including phenoxy) is 2. The van der Waals surface area contributed by atoms with Crippen molar-refractivity contribution in [2.75, 3.05) is 13.2 Å². The summed E-state index contributed by atoms with van der Waals surface area (Å²) in [5.41, 5.74) is 0.946. The number of hydrogen-bond donors (Lipinski definition) is 1. The van der Waals surface area contributed by atoms with Gasteiger partial charge in [0.25, 0.3) is 0 Å². The average molecular weight is 455 g/mol. The van der Waals surface area contributed by atoms with Gasteiger partial charge in [-0.25, -0.2) is 0 Å². The molecule has 0 fully saturated rings. The van der Waals surface area contributed by atoms with Gasteiger partial charge in [0.05, 0.1) is 19.3 Å². The Morgan fingerprint density at radius 3 is 2.56 bits per heavy atom. The monoisotopic (exact) mass is 455 g/mol. The van der Waals surface area contributed by atoms with Crippen molar-refractivity contribution in [3.8, 4) is 11.5 Å². The Hall–Kier alpha value is -1.96. The number of nitrogens with one attached hydrogen (secondary N) is 1. The van der Waals surface area contributed by atoms with Crippen LogP contribution in [0.25, 0.3) is 6.08 Å². The number of furan rings is 1. The zero-order chi connectivity index (χ0) is 18.2. The lowest BCUT2D eigenvalue weighted by molar-refractivity contribution is -0.117. The zero-order valence-electron chi connectivity index (χ0n) is 14.5. The summed E-state index contributed by atoms with van der Waals surface area (Å²) in [4.78, 5) is 12.1. The third kappa shape index (κ3) is 5.81. The maximum Gasteiger partial charge on any atom is 0.244 e. The van der Waals surface area contributed by atoms with E-state index in [1.807, 2.05) is 51.1 Å². The molecule has 0 aliphatic rings. The van der Waals surface area contributed by atoms with Gasteiger partial charge in [-0.1, -0.05) is 6.07 Å². The lowest BCUT2D eigenvalue weighted by Gasteiger charge is -2.16. The molecule has 2 aromatic rings. The molecule has 2 rings (SSSR count). The predicted octanol–water partition coefficient (Wildman–Crippen LogP) is 4.57. The van der Waals surface area contributed by atoms with Crippen molar-refractivity contribution >= 4 is 34.6 Å². The van der Waals surface area contributed by atoms with E-state index < -0.39 is 0 Å². The number of benzene rings is 1. The third-order valence-corrected chi connectivity index (χ3v) is 4.00. The summed E-state index contributed by atoms with van der Waals surface area (Å²) in [6.45, 7) is 6.90. The molecule has 1 amide bonds. The molecule has 0 saturated carbocycles. The fourth-order valence-corrected chi connectivity index (χ4v) is 2.69. The quantitative estimate of drug-likeness (QED) is 0.468. The molecule has 1 N–H and O–H groups in total. The Labute approximate surface area is 161 Å². The summed E-state index contributed by atoms with van der Waals surface area (Å²) in [5.74, 6) is 1.85. The van der Waals surface area contributed by atoms with Gasteiger partial charge >= 0.3 is 0 Å². The molecule has 1 heterocycles. The maximum absolute atomic E-state index is 12.1. The molecule has 0 bridgehead atoms.